The minimum Gasteiger partial charge on any atom is -0.367 e. The first-order valence-corrected chi connectivity index (χ1v) is 9.40. The number of H-pyrrole nitrogens is 1. The highest BCUT2D eigenvalue weighted by molar-refractivity contribution is 7.17. The van der Waals surface area contributed by atoms with Crippen molar-refractivity contribution in [2.75, 3.05) is 18.4 Å². The van der Waals surface area contributed by atoms with Crippen LogP contribution in [0.2, 0.25) is 0 Å². The van der Waals surface area contributed by atoms with Crippen molar-refractivity contribution >= 4 is 38.4 Å². The molecule has 4 aromatic rings. The first-order valence-electron chi connectivity index (χ1n) is 8.52. The average Bonchev–Trinajstić information content (AvgIpc) is 3.30. The molecule has 1 aliphatic heterocycles. The van der Waals surface area contributed by atoms with Crippen LogP contribution in [0.25, 0.3) is 32.5 Å². The molecule has 0 aliphatic carbocycles. The number of nitrogens with zero attached hydrogens (tertiary/aromatic N) is 3. The molecule has 0 unspecified atom stereocenters. The second kappa shape index (κ2) is 6.09. The summed E-state index contributed by atoms with van der Waals surface area (Å²) in [6.45, 7) is 2.11. The molecule has 5 rings (SSSR count). The Morgan fingerprint density at radius 1 is 1.16 bits per heavy atom. The fourth-order valence-corrected chi connectivity index (χ4v) is 4.31. The summed E-state index contributed by atoms with van der Waals surface area (Å²) in [6.07, 6.45) is 5.80. The molecule has 1 aliphatic rings. The number of anilines is 1. The van der Waals surface area contributed by atoms with Crippen molar-refractivity contribution < 1.29 is 0 Å². The maximum absolute atomic E-state index is 4.76. The predicted octanol–water partition coefficient (Wildman–Crippen LogP) is 3.40. The first-order chi connectivity index (χ1) is 12.4. The van der Waals surface area contributed by atoms with Gasteiger partial charge in [-0.1, -0.05) is 0 Å². The van der Waals surface area contributed by atoms with Crippen LogP contribution in [-0.4, -0.2) is 39.1 Å². The molecule has 0 saturated carbocycles. The molecule has 126 valence electrons. The summed E-state index contributed by atoms with van der Waals surface area (Å²) in [5.74, 6) is 0.903. The van der Waals surface area contributed by atoms with E-state index in [1.807, 2.05) is 12.3 Å². The second-order valence-corrected chi connectivity index (χ2v) is 7.24. The van der Waals surface area contributed by atoms with Crippen LogP contribution in [0.3, 0.4) is 0 Å². The van der Waals surface area contributed by atoms with Gasteiger partial charge in [0.2, 0.25) is 0 Å². The van der Waals surface area contributed by atoms with Crippen LogP contribution >= 0.6 is 11.3 Å². The van der Waals surface area contributed by atoms with E-state index < -0.39 is 0 Å². The normalized spacial score (nSPS) is 15.8. The molecule has 0 aromatic carbocycles. The van der Waals surface area contributed by atoms with Gasteiger partial charge < -0.3 is 15.6 Å². The van der Waals surface area contributed by atoms with Crippen molar-refractivity contribution in [1.82, 2.24) is 25.3 Å². The molecule has 0 atom stereocenters. The lowest BCUT2D eigenvalue weighted by atomic mass is 10.1. The second-order valence-electron chi connectivity index (χ2n) is 6.32. The van der Waals surface area contributed by atoms with Crippen molar-refractivity contribution in [3.8, 4) is 11.3 Å². The fourth-order valence-electron chi connectivity index (χ4n) is 3.46. The standard InChI is InChI=1S/C18H18N6S/c1-5-19-6-2-11(1)23-15-9-13(12-3-7-20-18(12)24-15)16-17-14(4-8-25-17)21-10-22-16/h3-4,7-11,19H,1-2,5-6H2,(H2,20,23,24). The van der Waals surface area contributed by atoms with Crippen molar-refractivity contribution in [2.45, 2.75) is 18.9 Å². The smallest absolute Gasteiger partial charge is 0.140 e. The van der Waals surface area contributed by atoms with E-state index in [1.165, 1.54) is 0 Å². The van der Waals surface area contributed by atoms with E-state index in [0.29, 0.717) is 6.04 Å². The summed E-state index contributed by atoms with van der Waals surface area (Å²) in [6, 6.07) is 6.68. The molecule has 7 heteroatoms. The van der Waals surface area contributed by atoms with Crippen molar-refractivity contribution in [3.05, 3.63) is 36.1 Å². The number of aromatic amines is 1. The molecule has 0 spiro atoms. The first kappa shape index (κ1) is 14.8. The van der Waals surface area contributed by atoms with Crippen molar-refractivity contribution in [1.29, 1.82) is 0 Å². The number of pyridine rings is 1. The van der Waals surface area contributed by atoms with Gasteiger partial charge in [-0.15, -0.1) is 11.3 Å². The Morgan fingerprint density at radius 2 is 2.08 bits per heavy atom. The molecule has 0 radical (unpaired) electrons. The maximum Gasteiger partial charge on any atom is 0.140 e. The number of thiophene rings is 1. The Labute approximate surface area is 148 Å². The zero-order chi connectivity index (χ0) is 16.6. The van der Waals surface area contributed by atoms with E-state index in [4.69, 9.17) is 4.98 Å². The van der Waals surface area contributed by atoms with Gasteiger partial charge in [-0.25, -0.2) is 15.0 Å². The Bertz CT molecular complexity index is 1030. The van der Waals surface area contributed by atoms with Gasteiger partial charge in [-0.2, -0.15) is 0 Å². The highest BCUT2D eigenvalue weighted by atomic mass is 32.1. The lowest BCUT2D eigenvalue weighted by molar-refractivity contribution is 0.478. The molecular formula is C18H18N6S. The molecule has 1 saturated heterocycles. The highest BCUT2D eigenvalue weighted by Crippen LogP contribution is 2.35. The third-order valence-electron chi connectivity index (χ3n) is 4.72. The molecule has 6 nitrogen and oxygen atoms in total. The van der Waals surface area contributed by atoms with E-state index >= 15 is 0 Å². The number of hydrogen-bond acceptors (Lipinski definition) is 6. The van der Waals surface area contributed by atoms with E-state index in [2.05, 4.69) is 43.1 Å². The number of rotatable bonds is 3. The van der Waals surface area contributed by atoms with E-state index in [0.717, 1.165) is 64.3 Å². The van der Waals surface area contributed by atoms with Gasteiger partial charge in [-0.3, -0.25) is 0 Å². The van der Waals surface area contributed by atoms with Crippen LogP contribution in [0.4, 0.5) is 5.82 Å². The zero-order valence-corrected chi connectivity index (χ0v) is 14.4. The number of aromatic nitrogens is 4. The summed E-state index contributed by atoms with van der Waals surface area (Å²) in [4.78, 5) is 17.0. The van der Waals surface area contributed by atoms with E-state index in [-0.39, 0.29) is 0 Å². The van der Waals surface area contributed by atoms with Crippen molar-refractivity contribution in [3.63, 3.8) is 0 Å². The molecule has 1 fully saturated rings. The van der Waals surface area contributed by atoms with Crippen LogP contribution in [0.1, 0.15) is 12.8 Å². The van der Waals surface area contributed by atoms with Crippen molar-refractivity contribution in [2.24, 2.45) is 0 Å². The topological polar surface area (TPSA) is 78.5 Å². The third-order valence-corrected chi connectivity index (χ3v) is 5.63. The molecule has 25 heavy (non-hydrogen) atoms. The summed E-state index contributed by atoms with van der Waals surface area (Å²) >= 11 is 1.68. The van der Waals surface area contributed by atoms with Gasteiger partial charge in [0.15, 0.2) is 0 Å². The van der Waals surface area contributed by atoms with Crippen LogP contribution in [0.15, 0.2) is 36.1 Å². The Hall–Kier alpha value is -2.51. The van der Waals surface area contributed by atoms with E-state index in [1.54, 1.807) is 17.7 Å². The van der Waals surface area contributed by atoms with Gasteiger partial charge in [0.1, 0.15) is 17.8 Å². The van der Waals surface area contributed by atoms with Gasteiger partial charge >= 0.3 is 0 Å². The largest absolute Gasteiger partial charge is 0.367 e. The molecular weight excluding hydrogens is 332 g/mol. The van der Waals surface area contributed by atoms with Crippen LogP contribution in [0.5, 0.6) is 0 Å². The minimum absolute atomic E-state index is 0.459. The number of nitrogens with one attached hydrogen (secondary N) is 3. The molecule has 3 N–H and O–H groups in total. The number of fused-ring (bicyclic) bond motifs is 2. The van der Waals surface area contributed by atoms with Gasteiger partial charge in [0, 0.05) is 23.2 Å². The van der Waals surface area contributed by atoms with Gasteiger partial charge in [0.05, 0.1) is 15.9 Å². The Balaban J connectivity index is 1.64. The van der Waals surface area contributed by atoms with Crippen LogP contribution < -0.4 is 10.6 Å². The minimum atomic E-state index is 0.459. The molecule has 4 aromatic heterocycles. The molecule has 0 bridgehead atoms. The van der Waals surface area contributed by atoms with Crippen LogP contribution in [0, 0.1) is 0 Å². The predicted molar refractivity (Wildman–Crippen MR) is 102 cm³/mol. The monoisotopic (exact) mass is 350 g/mol. The lowest BCUT2D eigenvalue weighted by Gasteiger charge is -2.24. The highest BCUT2D eigenvalue weighted by Gasteiger charge is 2.17. The SMILES string of the molecule is c1nc(-c2cc(NC3CCNCC3)nc3[nH]ccc23)c2sccc2n1. The Kier molecular flexibility index (Phi) is 3.61. The zero-order valence-electron chi connectivity index (χ0n) is 13.6. The number of hydrogen-bond donors (Lipinski definition) is 3. The van der Waals surface area contributed by atoms with Crippen LogP contribution in [-0.2, 0) is 0 Å². The maximum atomic E-state index is 4.76. The molecule has 5 heterocycles. The summed E-state index contributed by atoms with van der Waals surface area (Å²) in [5, 5.41) is 10.2. The van der Waals surface area contributed by atoms with Gasteiger partial charge in [-0.05, 0) is 49.5 Å². The average molecular weight is 350 g/mol. The number of piperidine rings is 1. The summed E-state index contributed by atoms with van der Waals surface area (Å²) in [5.41, 5.74) is 3.94. The summed E-state index contributed by atoms with van der Waals surface area (Å²) < 4.78 is 1.11. The third kappa shape index (κ3) is 2.65. The molecule has 0 amide bonds. The van der Waals surface area contributed by atoms with Gasteiger partial charge in [0.25, 0.3) is 0 Å². The fraction of sp³-hybridized carbons (Fsp3) is 0.278. The lowest BCUT2D eigenvalue weighted by Crippen LogP contribution is -2.35. The quantitative estimate of drug-likeness (QED) is 0.528. The summed E-state index contributed by atoms with van der Waals surface area (Å²) in [7, 11) is 0. The van der Waals surface area contributed by atoms with E-state index in [9.17, 15) is 0 Å². The Morgan fingerprint density at radius 3 is 3.00 bits per heavy atom.